The SMILES string of the molecule is CC(=O)N[C@@H]1[C@@H](OC2O[C@H](CO)[C@H](O[C@@H]3O[C@H](CO)[C@@H](O[C@H]4O[C@H](CO[C@H]5O[C@H](CO)[C@@H](O)[C@H](O)[C@@H]5O)[C@@H](O[C@H]5O[C@H](CO)[C@@H](O)[C@H](O)[C@@H]5O)[C@H](O)[C@H]4O)[C@H](O)[C@H]3NC(C)=O)[C@H](O)[C@H]2O[C@@H]2O[C@@H](C)[C@@H](O)[C@@H](O)[C@@H]2O)[C@@H](O)[C@@H](CO[C@]2(C(=O)O)C[C@H](O)[C@@H](NC(C)=O)[C@H]([C@H](O)[C@H](O)CO)O2)O[C@@H]1O. The molecule has 0 saturated carbocycles. The number of aliphatic carboxylic acids is 1. The van der Waals surface area contributed by atoms with Gasteiger partial charge < -0.3 is 210 Å². The van der Waals surface area contributed by atoms with Gasteiger partial charge in [0.15, 0.2) is 44.0 Å². The average Bonchev–Trinajstić information content (AvgIpc) is 0.767. The van der Waals surface area contributed by atoms with Crippen molar-refractivity contribution in [1.82, 2.24) is 16.0 Å². The molecule has 0 radical (unpaired) electrons. The normalized spacial score (nSPS) is 48.3. The third-order valence-electron chi connectivity index (χ3n) is 18.8. The standard InChI is InChI=1S/C57H95N3O43/c1-13-28(71)34(77)39(82)52(91-13)102-48-42(85)44(22(10-65)96-55(48)101-46-27(60-16(4)68)49(86)92-23(32(46)75)12-90-57(56(87)88)5-17(69)25(58-14(2)66)47(103-57)29(72)18(70)6-61)98-50-26(59-15(3)67)33(76)43(21(9-64)95-50)99-54-41(84)37(80)45(100-53-40(83)36(79)31(74)20(8-63)94-53)24(97-54)11-89-51-38(81)35(78)30(73)19(7-62)93-51/h13,17-55,61-65,69-86H,5-12H2,1-4H3,(H,58,66)(H,59,67)(H,60,68)(H,87,88)/t13-,17-,18+,19+,20+,21+,22+,23+,24+,25+,26+,27+,28+,29+,30+,31+,32-,33+,34+,35-,36-,37+,38-,39-,40-,41+,42-,43+,44-,45+,46+,47+,48+,49-,50-,51-,52-,53+,54+,55?,57+/m0/s1. The Morgan fingerprint density at radius 1 is 0.417 bits per heavy atom. The summed E-state index contributed by atoms with van der Waals surface area (Å²) in [6.45, 7) is -3.64. The zero-order valence-electron chi connectivity index (χ0n) is 55.2. The summed E-state index contributed by atoms with van der Waals surface area (Å²) in [5.74, 6) is -7.88. The Balaban J connectivity index is 1.07. The van der Waals surface area contributed by atoms with Crippen molar-refractivity contribution in [3.8, 4) is 0 Å². The summed E-state index contributed by atoms with van der Waals surface area (Å²) in [5.41, 5.74) is 0. The van der Waals surface area contributed by atoms with Gasteiger partial charge in [-0.2, -0.15) is 0 Å². The summed E-state index contributed by atoms with van der Waals surface area (Å²) >= 11 is 0. The molecule has 0 aliphatic carbocycles. The van der Waals surface area contributed by atoms with Crippen LogP contribution in [0.15, 0.2) is 0 Å². The minimum absolute atomic E-state index is 0.832. The molecule has 8 aliphatic heterocycles. The van der Waals surface area contributed by atoms with Crippen LogP contribution in [0.2, 0.25) is 0 Å². The van der Waals surface area contributed by atoms with Crippen molar-refractivity contribution in [3.63, 3.8) is 0 Å². The number of aliphatic hydroxyl groups is 23. The smallest absolute Gasteiger partial charge is 0.364 e. The summed E-state index contributed by atoms with van der Waals surface area (Å²) < 4.78 is 87.5. The van der Waals surface area contributed by atoms with Crippen molar-refractivity contribution in [3.05, 3.63) is 0 Å². The van der Waals surface area contributed by atoms with E-state index in [9.17, 15) is 142 Å². The number of hydrogen-bond acceptors (Lipinski definition) is 42. The first-order valence-electron chi connectivity index (χ1n) is 32.6. The number of rotatable bonds is 27. The van der Waals surface area contributed by atoms with Gasteiger partial charge in [-0.1, -0.05) is 0 Å². The Morgan fingerprint density at radius 3 is 1.38 bits per heavy atom. The van der Waals surface area contributed by atoms with Crippen LogP contribution in [-0.4, -0.2) is 444 Å². The minimum atomic E-state index is -3.09. The average molecular weight is 1510 g/mol. The van der Waals surface area contributed by atoms with Gasteiger partial charge in [-0.25, -0.2) is 4.79 Å². The van der Waals surface area contributed by atoms with Crippen LogP contribution >= 0.6 is 0 Å². The summed E-state index contributed by atoms with van der Waals surface area (Å²) in [4.78, 5) is 51.0. The quantitative estimate of drug-likeness (QED) is 0.0363. The molecule has 3 amide bonds. The van der Waals surface area contributed by atoms with Crippen LogP contribution in [0.4, 0.5) is 0 Å². The number of hydrogen-bond donors (Lipinski definition) is 27. The van der Waals surface area contributed by atoms with Gasteiger partial charge in [0, 0.05) is 27.2 Å². The van der Waals surface area contributed by atoms with Gasteiger partial charge in [0.1, 0.15) is 183 Å². The molecule has 8 fully saturated rings. The molecule has 8 heterocycles. The van der Waals surface area contributed by atoms with Crippen LogP contribution in [-0.2, 0) is 90.2 Å². The highest BCUT2D eigenvalue weighted by Gasteiger charge is 2.61. The molecular formula is C57H95N3O43. The third-order valence-corrected chi connectivity index (χ3v) is 18.8. The molecular weight excluding hydrogens is 1410 g/mol. The first-order chi connectivity index (χ1) is 48.5. The summed E-state index contributed by atoms with van der Waals surface area (Å²) in [7, 11) is 0. The first kappa shape index (κ1) is 85.0. The predicted molar refractivity (Wildman–Crippen MR) is 315 cm³/mol. The van der Waals surface area contributed by atoms with Crippen LogP contribution in [0.25, 0.3) is 0 Å². The van der Waals surface area contributed by atoms with E-state index in [-0.39, 0.29) is 0 Å². The highest BCUT2D eigenvalue weighted by Crippen LogP contribution is 2.40. The van der Waals surface area contributed by atoms with Gasteiger partial charge in [-0.05, 0) is 6.92 Å². The molecule has 8 saturated heterocycles. The highest BCUT2D eigenvalue weighted by atomic mass is 16.8. The maximum absolute atomic E-state index is 13.1. The van der Waals surface area contributed by atoms with E-state index in [1.54, 1.807) is 0 Å². The van der Waals surface area contributed by atoms with Crippen LogP contribution in [0.1, 0.15) is 34.1 Å². The molecule has 0 bridgehead atoms. The van der Waals surface area contributed by atoms with Crippen LogP contribution in [0.5, 0.6) is 0 Å². The Labute approximate surface area is 582 Å². The summed E-state index contributed by atoms with van der Waals surface area (Å²) in [6, 6.07) is -5.59. The fourth-order valence-corrected chi connectivity index (χ4v) is 13.1. The summed E-state index contributed by atoms with van der Waals surface area (Å²) in [5, 5.41) is 269. The second-order valence-electron chi connectivity index (χ2n) is 26.1. The van der Waals surface area contributed by atoms with Gasteiger partial charge in [0.25, 0.3) is 5.79 Å². The number of carboxylic acids is 1. The van der Waals surface area contributed by atoms with Gasteiger partial charge in [-0.3, -0.25) is 14.4 Å². The number of carbonyl (C=O) groups is 4. The van der Waals surface area contributed by atoms with Crippen molar-refractivity contribution in [2.24, 2.45) is 0 Å². The zero-order valence-corrected chi connectivity index (χ0v) is 55.2. The number of carboxylic acid groups (broad SMARTS) is 1. The van der Waals surface area contributed by atoms with Crippen molar-refractivity contribution >= 4 is 23.7 Å². The second kappa shape index (κ2) is 36.3. The Hall–Kier alpha value is -3.64. The Bertz CT molecular complexity index is 2720. The fourth-order valence-electron chi connectivity index (χ4n) is 13.1. The molecule has 46 nitrogen and oxygen atoms in total. The maximum atomic E-state index is 13.1. The molecule has 46 heteroatoms. The van der Waals surface area contributed by atoms with Crippen molar-refractivity contribution < 1.29 is 213 Å². The molecule has 1 unspecified atom stereocenters. The van der Waals surface area contributed by atoms with Gasteiger partial charge in [0.05, 0.1) is 64.5 Å². The third kappa shape index (κ3) is 18.6. The van der Waals surface area contributed by atoms with Crippen molar-refractivity contribution in [1.29, 1.82) is 0 Å². The molecule has 41 atom stereocenters. The van der Waals surface area contributed by atoms with Crippen molar-refractivity contribution in [2.45, 2.75) is 285 Å². The molecule has 0 aromatic rings. The lowest BCUT2D eigenvalue weighted by atomic mass is 9.88. The van der Waals surface area contributed by atoms with E-state index in [4.69, 9.17) is 71.1 Å². The highest BCUT2D eigenvalue weighted by molar-refractivity contribution is 5.77. The van der Waals surface area contributed by atoms with E-state index in [0.717, 1.165) is 20.8 Å². The van der Waals surface area contributed by atoms with Gasteiger partial charge >= 0.3 is 5.97 Å². The molecule has 103 heavy (non-hydrogen) atoms. The molecule has 0 aromatic heterocycles. The van der Waals surface area contributed by atoms with E-state index in [1.165, 1.54) is 6.92 Å². The fraction of sp³-hybridized carbons (Fsp3) is 0.930. The lowest BCUT2D eigenvalue weighted by molar-refractivity contribution is -0.399. The van der Waals surface area contributed by atoms with E-state index in [1.807, 2.05) is 0 Å². The van der Waals surface area contributed by atoms with E-state index >= 15 is 0 Å². The van der Waals surface area contributed by atoms with Crippen LogP contribution < -0.4 is 16.0 Å². The van der Waals surface area contributed by atoms with Crippen molar-refractivity contribution in [2.75, 3.05) is 46.2 Å². The predicted octanol–water partition coefficient (Wildman–Crippen LogP) is -17.8. The topological polar surface area (TPSA) is 728 Å². The molecule has 0 aromatic carbocycles. The first-order valence-corrected chi connectivity index (χ1v) is 32.6. The molecule has 8 aliphatic rings. The molecule has 0 spiro atoms. The number of nitrogens with one attached hydrogen (secondary N) is 3. The zero-order chi connectivity index (χ0) is 76.3. The summed E-state index contributed by atoms with van der Waals surface area (Å²) in [6.07, 6.45) is -77.6. The van der Waals surface area contributed by atoms with Crippen LogP contribution in [0.3, 0.4) is 0 Å². The minimum Gasteiger partial charge on any atom is -0.477 e. The number of amides is 3. The second-order valence-corrected chi connectivity index (χ2v) is 26.1. The maximum Gasteiger partial charge on any atom is 0.364 e. The number of carbonyl (C=O) groups excluding carboxylic acids is 3. The van der Waals surface area contributed by atoms with Gasteiger partial charge in [0.2, 0.25) is 17.7 Å². The number of aliphatic hydroxyl groups excluding tert-OH is 23. The molecule has 596 valence electrons. The molecule has 27 N–H and O–H groups in total. The Kier molecular flexibility index (Phi) is 29.9. The van der Waals surface area contributed by atoms with E-state index < -0.39 is 327 Å². The lowest BCUT2D eigenvalue weighted by Crippen LogP contribution is -2.71. The largest absolute Gasteiger partial charge is 0.477 e. The van der Waals surface area contributed by atoms with Gasteiger partial charge in [-0.15, -0.1) is 0 Å². The monoisotopic (exact) mass is 1510 g/mol. The van der Waals surface area contributed by atoms with Crippen LogP contribution in [0, 0.1) is 0 Å². The van der Waals surface area contributed by atoms with E-state index in [0.29, 0.717) is 0 Å². The lowest BCUT2D eigenvalue weighted by Gasteiger charge is -2.51. The number of ether oxygens (including phenoxy) is 15. The molecule has 8 rings (SSSR count). The Morgan fingerprint density at radius 2 is 0.845 bits per heavy atom. The van der Waals surface area contributed by atoms with E-state index in [2.05, 4.69) is 16.0 Å².